The Kier molecular flexibility index (Phi) is 3.44. The molecule has 0 atom stereocenters. The van der Waals surface area contributed by atoms with Gasteiger partial charge in [0, 0.05) is 19.3 Å². The molecule has 0 spiro atoms. The van der Waals surface area contributed by atoms with E-state index in [9.17, 15) is 0 Å². The molecular formula is C15H21N3S. The summed E-state index contributed by atoms with van der Waals surface area (Å²) < 4.78 is 0. The normalized spacial score (nSPS) is 17.9. The largest absolute Gasteiger partial charge is 0.389 e. The molecule has 1 saturated carbocycles. The fraction of sp³-hybridized carbons (Fsp3) is 0.600. The van der Waals surface area contributed by atoms with E-state index in [1.807, 2.05) is 0 Å². The summed E-state index contributed by atoms with van der Waals surface area (Å²) in [5.41, 5.74) is 9.43. The van der Waals surface area contributed by atoms with Crippen LogP contribution in [-0.2, 0) is 12.8 Å². The standard InChI is InChI=1S/C15H21N3S/c1-18(9-10-4-2-5-10)15-12(14(16)19)8-11-6-3-7-13(11)17-15/h8,10H,2-7,9H2,1H3,(H2,16,19). The number of aryl methyl sites for hydroxylation is 2. The minimum absolute atomic E-state index is 0.470. The van der Waals surface area contributed by atoms with Crippen molar-refractivity contribution in [2.45, 2.75) is 38.5 Å². The molecule has 0 radical (unpaired) electrons. The summed E-state index contributed by atoms with van der Waals surface area (Å²) in [4.78, 5) is 7.56. The van der Waals surface area contributed by atoms with Crippen LogP contribution in [0.15, 0.2) is 6.07 Å². The Labute approximate surface area is 120 Å². The first-order valence-electron chi connectivity index (χ1n) is 7.19. The van der Waals surface area contributed by atoms with Gasteiger partial charge in [0.1, 0.15) is 10.8 Å². The van der Waals surface area contributed by atoms with Gasteiger partial charge < -0.3 is 10.6 Å². The predicted molar refractivity (Wildman–Crippen MR) is 82.8 cm³/mol. The van der Waals surface area contributed by atoms with Crippen molar-refractivity contribution in [1.82, 2.24) is 4.98 Å². The van der Waals surface area contributed by atoms with Crippen molar-refractivity contribution in [2.75, 3.05) is 18.5 Å². The molecule has 4 heteroatoms. The molecule has 2 aliphatic rings. The number of thiocarbonyl (C=S) groups is 1. The van der Waals surface area contributed by atoms with Crippen LogP contribution >= 0.6 is 12.2 Å². The third-order valence-corrected chi connectivity index (χ3v) is 4.63. The molecule has 0 unspecified atom stereocenters. The van der Waals surface area contributed by atoms with Gasteiger partial charge in [0.15, 0.2) is 0 Å². The van der Waals surface area contributed by atoms with Crippen molar-refractivity contribution in [3.8, 4) is 0 Å². The van der Waals surface area contributed by atoms with E-state index >= 15 is 0 Å². The maximum atomic E-state index is 5.89. The number of hydrogen-bond donors (Lipinski definition) is 1. The van der Waals surface area contributed by atoms with Gasteiger partial charge >= 0.3 is 0 Å². The number of nitrogens with two attached hydrogens (primary N) is 1. The maximum Gasteiger partial charge on any atom is 0.138 e. The Morgan fingerprint density at radius 3 is 2.84 bits per heavy atom. The van der Waals surface area contributed by atoms with E-state index in [0.717, 1.165) is 36.7 Å². The van der Waals surface area contributed by atoms with Gasteiger partial charge in [0.05, 0.1) is 5.56 Å². The molecule has 0 aliphatic heterocycles. The van der Waals surface area contributed by atoms with Gasteiger partial charge in [0.25, 0.3) is 0 Å². The molecule has 2 aliphatic carbocycles. The zero-order valence-corrected chi connectivity index (χ0v) is 12.3. The van der Waals surface area contributed by atoms with Gasteiger partial charge in [-0.15, -0.1) is 0 Å². The van der Waals surface area contributed by atoms with Gasteiger partial charge in [-0.25, -0.2) is 4.98 Å². The lowest BCUT2D eigenvalue weighted by atomic mass is 9.85. The Bertz CT molecular complexity index is 508. The van der Waals surface area contributed by atoms with Gasteiger partial charge in [-0.05, 0) is 49.7 Å². The molecule has 1 aromatic rings. The van der Waals surface area contributed by atoms with Crippen LogP contribution in [0.1, 0.15) is 42.5 Å². The number of anilines is 1. The third-order valence-electron chi connectivity index (χ3n) is 4.41. The van der Waals surface area contributed by atoms with Crippen LogP contribution in [0.2, 0.25) is 0 Å². The lowest BCUT2D eigenvalue weighted by molar-refractivity contribution is 0.321. The first kappa shape index (κ1) is 12.9. The second-order valence-electron chi connectivity index (χ2n) is 5.86. The molecule has 0 bridgehead atoms. The van der Waals surface area contributed by atoms with Gasteiger partial charge in [-0.2, -0.15) is 0 Å². The molecule has 3 nitrogen and oxygen atoms in total. The van der Waals surface area contributed by atoms with Gasteiger partial charge in [-0.1, -0.05) is 18.6 Å². The SMILES string of the molecule is CN(CC1CCC1)c1nc2c(cc1C(N)=S)CCC2. The van der Waals surface area contributed by atoms with E-state index < -0.39 is 0 Å². The molecule has 1 aromatic heterocycles. The molecule has 0 aromatic carbocycles. The average molecular weight is 275 g/mol. The molecule has 3 rings (SSSR count). The van der Waals surface area contributed by atoms with E-state index in [1.165, 1.54) is 36.9 Å². The Morgan fingerprint density at radius 2 is 2.21 bits per heavy atom. The van der Waals surface area contributed by atoms with Crippen LogP contribution in [0.3, 0.4) is 0 Å². The van der Waals surface area contributed by atoms with E-state index in [-0.39, 0.29) is 0 Å². The molecule has 2 N–H and O–H groups in total. The molecule has 0 amide bonds. The van der Waals surface area contributed by atoms with Crippen LogP contribution in [0.4, 0.5) is 5.82 Å². The minimum atomic E-state index is 0.470. The van der Waals surface area contributed by atoms with Crippen molar-refractivity contribution in [3.63, 3.8) is 0 Å². The Balaban J connectivity index is 1.91. The van der Waals surface area contributed by atoms with Crippen molar-refractivity contribution < 1.29 is 0 Å². The fourth-order valence-electron chi connectivity index (χ4n) is 3.08. The summed E-state index contributed by atoms with van der Waals surface area (Å²) in [7, 11) is 2.11. The Hall–Kier alpha value is -1.16. The number of pyridine rings is 1. The zero-order chi connectivity index (χ0) is 13.4. The van der Waals surface area contributed by atoms with Gasteiger partial charge in [-0.3, -0.25) is 0 Å². The summed E-state index contributed by atoms with van der Waals surface area (Å²) in [6.07, 6.45) is 7.48. The third kappa shape index (κ3) is 2.46. The average Bonchev–Trinajstić information content (AvgIpc) is 2.78. The summed E-state index contributed by atoms with van der Waals surface area (Å²) in [6.45, 7) is 1.07. The number of hydrogen-bond acceptors (Lipinski definition) is 3. The quantitative estimate of drug-likeness (QED) is 0.857. The highest BCUT2D eigenvalue weighted by Gasteiger charge is 2.23. The number of fused-ring (bicyclic) bond motifs is 1. The molecule has 1 fully saturated rings. The number of nitrogens with zero attached hydrogens (tertiary/aromatic N) is 2. The maximum absolute atomic E-state index is 5.89. The fourth-order valence-corrected chi connectivity index (χ4v) is 3.23. The monoisotopic (exact) mass is 275 g/mol. The second-order valence-corrected chi connectivity index (χ2v) is 6.30. The van der Waals surface area contributed by atoms with Crippen LogP contribution in [-0.4, -0.2) is 23.6 Å². The van der Waals surface area contributed by atoms with Gasteiger partial charge in [0.2, 0.25) is 0 Å². The van der Waals surface area contributed by atoms with Crippen LogP contribution in [0.25, 0.3) is 0 Å². The number of aromatic nitrogens is 1. The lowest BCUT2D eigenvalue weighted by Gasteiger charge is -2.31. The molecule has 19 heavy (non-hydrogen) atoms. The molecule has 102 valence electrons. The van der Waals surface area contributed by atoms with Crippen LogP contribution in [0, 0.1) is 5.92 Å². The summed E-state index contributed by atoms with van der Waals surface area (Å²) >= 11 is 5.21. The van der Waals surface area contributed by atoms with E-state index in [4.69, 9.17) is 22.9 Å². The molecule has 1 heterocycles. The van der Waals surface area contributed by atoms with Crippen molar-refractivity contribution in [3.05, 3.63) is 22.9 Å². The van der Waals surface area contributed by atoms with Crippen molar-refractivity contribution in [2.24, 2.45) is 11.7 Å². The van der Waals surface area contributed by atoms with Crippen LogP contribution < -0.4 is 10.6 Å². The summed E-state index contributed by atoms with van der Waals surface area (Å²) in [5.74, 6) is 1.80. The highest BCUT2D eigenvalue weighted by molar-refractivity contribution is 7.80. The van der Waals surface area contributed by atoms with E-state index in [1.54, 1.807) is 0 Å². The second kappa shape index (κ2) is 5.08. The van der Waals surface area contributed by atoms with Crippen molar-refractivity contribution >= 4 is 23.0 Å². The van der Waals surface area contributed by atoms with Crippen LogP contribution in [0.5, 0.6) is 0 Å². The minimum Gasteiger partial charge on any atom is -0.389 e. The zero-order valence-electron chi connectivity index (χ0n) is 11.5. The highest BCUT2D eigenvalue weighted by atomic mass is 32.1. The Morgan fingerprint density at radius 1 is 1.42 bits per heavy atom. The number of rotatable bonds is 4. The molecular weight excluding hydrogens is 254 g/mol. The smallest absolute Gasteiger partial charge is 0.138 e. The highest BCUT2D eigenvalue weighted by Crippen LogP contribution is 2.31. The van der Waals surface area contributed by atoms with E-state index in [2.05, 4.69) is 18.0 Å². The summed E-state index contributed by atoms with van der Waals surface area (Å²) in [6, 6.07) is 2.17. The first-order valence-corrected chi connectivity index (χ1v) is 7.59. The topological polar surface area (TPSA) is 42.2 Å². The first-order chi connectivity index (χ1) is 9.15. The molecule has 0 saturated heterocycles. The van der Waals surface area contributed by atoms with E-state index in [0.29, 0.717) is 4.99 Å². The predicted octanol–water partition coefficient (Wildman–Crippen LogP) is 2.44. The summed E-state index contributed by atoms with van der Waals surface area (Å²) in [5, 5.41) is 0. The van der Waals surface area contributed by atoms with Crippen molar-refractivity contribution in [1.29, 1.82) is 0 Å². The lowest BCUT2D eigenvalue weighted by Crippen LogP contribution is -2.31.